The lowest BCUT2D eigenvalue weighted by Crippen LogP contribution is -2.29. The first kappa shape index (κ1) is 10.4. The number of fused-ring (bicyclic) bond motifs is 1. The Bertz CT molecular complexity index is 613. The Morgan fingerprint density at radius 1 is 1.12 bits per heavy atom. The van der Waals surface area contributed by atoms with Crippen LogP contribution in [-0.2, 0) is 0 Å². The van der Waals surface area contributed by atoms with Gasteiger partial charge in [-0.1, -0.05) is 12.1 Å². The van der Waals surface area contributed by atoms with Crippen LogP contribution in [0.25, 0.3) is 17.1 Å². The largest absolute Gasteiger partial charge is 0.509 e. The maximum Gasteiger partial charge on any atom is 0.509 e. The van der Waals surface area contributed by atoms with E-state index in [0.717, 1.165) is 11.1 Å². The van der Waals surface area contributed by atoms with Gasteiger partial charge in [-0.3, -0.25) is 0 Å². The van der Waals surface area contributed by atoms with Crippen LogP contribution in [-0.4, -0.2) is 11.2 Å². The highest BCUT2D eigenvalue weighted by Gasteiger charge is 2.16. The highest BCUT2D eigenvalue weighted by molar-refractivity contribution is 7.98. The van der Waals surface area contributed by atoms with E-state index in [0.29, 0.717) is 6.01 Å². The lowest BCUT2D eigenvalue weighted by molar-refractivity contribution is -0.613. The first-order valence-electron chi connectivity index (χ1n) is 5.28. The van der Waals surface area contributed by atoms with Crippen molar-refractivity contribution in [3.05, 3.63) is 48.8 Å². The molecule has 0 aliphatic rings. The van der Waals surface area contributed by atoms with Crippen LogP contribution in [0.2, 0.25) is 0 Å². The van der Waals surface area contributed by atoms with E-state index in [2.05, 4.69) is 11.2 Å². The van der Waals surface area contributed by atoms with Crippen molar-refractivity contribution in [1.29, 1.82) is 0 Å². The van der Waals surface area contributed by atoms with Crippen LogP contribution in [0, 0.1) is 0 Å². The van der Waals surface area contributed by atoms with Gasteiger partial charge in [0.05, 0.1) is 0 Å². The zero-order valence-corrected chi connectivity index (χ0v) is 10.1. The molecule has 0 saturated carbocycles. The standard InChI is InChI=1S/C13H11N2OS/c1-17-10-6-8-15(9-7-10)13-14-11-4-2-3-5-12(11)16-13/h2-9H,1H3/q+1. The Labute approximate surface area is 103 Å². The van der Waals surface area contributed by atoms with E-state index in [9.17, 15) is 0 Å². The molecule has 3 nitrogen and oxygen atoms in total. The molecule has 0 bridgehead atoms. The summed E-state index contributed by atoms with van der Waals surface area (Å²) in [6.07, 6.45) is 5.96. The van der Waals surface area contributed by atoms with E-state index in [1.807, 2.05) is 53.4 Å². The summed E-state index contributed by atoms with van der Waals surface area (Å²) in [4.78, 5) is 5.65. The van der Waals surface area contributed by atoms with Gasteiger partial charge in [-0.2, -0.15) is 4.57 Å². The summed E-state index contributed by atoms with van der Waals surface area (Å²) >= 11 is 1.71. The molecule has 3 aromatic rings. The summed E-state index contributed by atoms with van der Waals surface area (Å²) in [6, 6.07) is 12.4. The van der Waals surface area contributed by atoms with Gasteiger partial charge in [0.15, 0.2) is 5.58 Å². The third kappa shape index (κ3) is 1.91. The highest BCUT2D eigenvalue weighted by atomic mass is 32.2. The lowest BCUT2D eigenvalue weighted by atomic mass is 10.3. The minimum atomic E-state index is 0.596. The van der Waals surface area contributed by atoms with Gasteiger partial charge in [-0.25, -0.2) is 0 Å². The molecule has 0 saturated heterocycles. The van der Waals surface area contributed by atoms with E-state index in [-0.39, 0.29) is 0 Å². The Kier molecular flexibility index (Phi) is 2.57. The van der Waals surface area contributed by atoms with E-state index in [1.54, 1.807) is 11.8 Å². The fourth-order valence-corrected chi connectivity index (χ4v) is 2.04. The number of oxazole rings is 1. The molecule has 1 aromatic carbocycles. The molecule has 0 N–H and O–H groups in total. The quantitative estimate of drug-likeness (QED) is 0.512. The second kappa shape index (κ2) is 4.22. The van der Waals surface area contributed by atoms with Crippen molar-refractivity contribution in [1.82, 2.24) is 4.98 Å². The lowest BCUT2D eigenvalue weighted by Gasteiger charge is -1.94. The number of hydrogen-bond acceptors (Lipinski definition) is 3. The van der Waals surface area contributed by atoms with E-state index < -0.39 is 0 Å². The SMILES string of the molecule is CSc1cc[n+](-c2nc3ccccc3o2)cc1. The molecule has 0 spiro atoms. The van der Waals surface area contributed by atoms with Crippen LogP contribution in [0.3, 0.4) is 0 Å². The molecule has 0 amide bonds. The van der Waals surface area contributed by atoms with Crippen molar-refractivity contribution in [2.24, 2.45) is 0 Å². The highest BCUT2D eigenvalue weighted by Crippen LogP contribution is 2.15. The van der Waals surface area contributed by atoms with Crippen LogP contribution in [0.5, 0.6) is 0 Å². The number of thioether (sulfide) groups is 1. The van der Waals surface area contributed by atoms with E-state index in [4.69, 9.17) is 4.42 Å². The number of aromatic nitrogens is 2. The fourth-order valence-electron chi connectivity index (χ4n) is 1.65. The predicted octanol–water partition coefficient (Wildman–Crippen LogP) is 2.83. The van der Waals surface area contributed by atoms with Crippen molar-refractivity contribution in [3.8, 4) is 6.01 Å². The van der Waals surface area contributed by atoms with Gasteiger partial charge < -0.3 is 4.42 Å². The summed E-state index contributed by atoms with van der Waals surface area (Å²) in [5.74, 6) is 0. The van der Waals surface area contributed by atoms with Crippen LogP contribution in [0.4, 0.5) is 0 Å². The molecule has 84 valence electrons. The summed E-state index contributed by atoms with van der Waals surface area (Å²) in [5, 5.41) is 0. The second-order valence-corrected chi connectivity index (χ2v) is 4.49. The molecule has 17 heavy (non-hydrogen) atoms. The summed E-state index contributed by atoms with van der Waals surface area (Å²) < 4.78 is 7.55. The van der Waals surface area contributed by atoms with Gasteiger partial charge in [0.25, 0.3) is 0 Å². The Morgan fingerprint density at radius 3 is 2.59 bits per heavy atom. The zero-order chi connectivity index (χ0) is 11.7. The Balaban J connectivity index is 2.07. The average molecular weight is 243 g/mol. The Hall–Kier alpha value is -1.81. The van der Waals surface area contributed by atoms with Crippen molar-refractivity contribution in [3.63, 3.8) is 0 Å². The molecular formula is C13H11N2OS+. The van der Waals surface area contributed by atoms with Crippen molar-refractivity contribution < 1.29 is 8.98 Å². The molecular weight excluding hydrogens is 232 g/mol. The van der Waals surface area contributed by atoms with Crippen molar-refractivity contribution in [2.75, 3.05) is 6.26 Å². The summed E-state index contributed by atoms with van der Waals surface area (Å²) in [5.41, 5.74) is 1.69. The molecule has 0 unspecified atom stereocenters. The van der Waals surface area contributed by atoms with Crippen LogP contribution in [0.15, 0.2) is 58.1 Å². The van der Waals surface area contributed by atoms with Crippen LogP contribution < -0.4 is 4.57 Å². The van der Waals surface area contributed by atoms with Gasteiger partial charge in [0, 0.05) is 9.88 Å². The van der Waals surface area contributed by atoms with Gasteiger partial charge >= 0.3 is 6.01 Å². The molecule has 3 rings (SSSR count). The molecule has 2 aromatic heterocycles. The van der Waals surface area contributed by atoms with E-state index in [1.165, 1.54) is 4.90 Å². The number of para-hydroxylation sites is 2. The van der Waals surface area contributed by atoms with E-state index >= 15 is 0 Å². The first-order valence-corrected chi connectivity index (χ1v) is 6.50. The number of nitrogens with zero attached hydrogens (tertiary/aromatic N) is 2. The molecule has 4 heteroatoms. The summed E-state index contributed by atoms with van der Waals surface area (Å²) in [7, 11) is 0. The molecule has 0 aliphatic heterocycles. The smallest absolute Gasteiger partial charge is 0.384 e. The van der Waals surface area contributed by atoms with Gasteiger partial charge in [-0.15, -0.1) is 11.8 Å². The minimum absolute atomic E-state index is 0.596. The Morgan fingerprint density at radius 2 is 1.88 bits per heavy atom. The maximum atomic E-state index is 5.67. The molecule has 0 radical (unpaired) electrons. The van der Waals surface area contributed by atoms with Crippen LogP contribution in [0.1, 0.15) is 0 Å². The minimum Gasteiger partial charge on any atom is -0.384 e. The van der Waals surface area contributed by atoms with Gasteiger partial charge in [0.1, 0.15) is 12.4 Å². The topological polar surface area (TPSA) is 29.9 Å². The summed E-state index contributed by atoms with van der Waals surface area (Å²) in [6.45, 7) is 0. The number of rotatable bonds is 2. The number of hydrogen-bond donors (Lipinski definition) is 0. The number of benzene rings is 1. The van der Waals surface area contributed by atoms with Crippen molar-refractivity contribution >= 4 is 22.9 Å². The third-order valence-corrected chi connectivity index (χ3v) is 3.28. The predicted molar refractivity (Wildman–Crippen MR) is 67.3 cm³/mol. The molecule has 0 fully saturated rings. The molecule has 2 heterocycles. The average Bonchev–Trinajstić information content (AvgIpc) is 2.82. The van der Waals surface area contributed by atoms with Gasteiger partial charge in [0.2, 0.25) is 5.52 Å². The van der Waals surface area contributed by atoms with Gasteiger partial charge in [-0.05, 0) is 30.5 Å². The van der Waals surface area contributed by atoms with Crippen LogP contribution >= 0.6 is 11.8 Å². The number of pyridine rings is 1. The maximum absolute atomic E-state index is 5.67. The normalized spacial score (nSPS) is 10.9. The second-order valence-electron chi connectivity index (χ2n) is 3.61. The third-order valence-electron chi connectivity index (χ3n) is 2.54. The molecule has 0 aliphatic carbocycles. The monoisotopic (exact) mass is 243 g/mol. The zero-order valence-electron chi connectivity index (χ0n) is 9.33. The molecule has 0 atom stereocenters. The first-order chi connectivity index (χ1) is 8.36. The van der Waals surface area contributed by atoms with Crippen molar-refractivity contribution in [2.45, 2.75) is 4.90 Å². The fraction of sp³-hybridized carbons (Fsp3) is 0.0769.